The summed E-state index contributed by atoms with van der Waals surface area (Å²) in [5.74, 6) is 1.08. The topological polar surface area (TPSA) is 58.6 Å². The lowest BCUT2D eigenvalue weighted by Gasteiger charge is -2.32. The highest BCUT2D eigenvalue weighted by Gasteiger charge is 2.34. The van der Waals surface area contributed by atoms with Gasteiger partial charge in [-0.15, -0.1) is 0 Å². The first-order chi connectivity index (χ1) is 12.1. The fourth-order valence-corrected chi connectivity index (χ4v) is 3.26. The van der Waals surface area contributed by atoms with Crippen LogP contribution in [0.2, 0.25) is 5.02 Å². The summed E-state index contributed by atoms with van der Waals surface area (Å²) in [6.45, 7) is 1.46. The predicted octanol–water partition coefficient (Wildman–Crippen LogP) is 2.88. The maximum Gasteiger partial charge on any atom is 0.244 e. The Labute approximate surface area is 153 Å². The second-order valence-electron chi connectivity index (χ2n) is 6.60. The standard InChI is InChI=1S/C19H23ClN2O3/c1-25-17-6-5-15(20)12-14(17)4-7-18(23)21-16-8-10-22(11-9-16)19(24)13-2-3-13/h4-7,12-13,16H,2-3,8-11H2,1H3,(H,21,23)/b7-4-. The van der Waals surface area contributed by atoms with Gasteiger partial charge in [-0.05, 0) is 50.0 Å². The highest BCUT2D eigenvalue weighted by atomic mass is 35.5. The first kappa shape index (κ1) is 17.8. The molecule has 25 heavy (non-hydrogen) atoms. The smallest absolute Gasteiger partial charge is 0.244 e. The molecule has 1 heterocycles. The van der Waals surface area contributed by atoms with Gasteiger partial charge in [0.25, 0.3) is 0 Å². The second-order valence-corrected chi connectivity index (χ2v) is 7.04. The first-order valence-electron chi connectivity index (χ1n) is 8.67. The number of hydrogen-bond acceptors (Lipinski definition) is 3. The van der Waals surface area contributed by atoms with Gasteiger partial charge in [0.05, 0.1) is 7.11 Å². The summed E-state index contributed by atoms with van der Waals surface area (Å²) in [6, 6.07) is 5.38. The van der Waals surface area contributed by atoms with E-state index in [0.717, 1.165) is 44.3 Å². The maximum absolute atomic E-state index is 12.2. The lowest BCUT2D eigenvalue weighted by atomic mass is 10.0. The number of carbonyl (C=O) groups excluding carboxylic acids is 2. The van der Waals surface area contributed by atoms with Crippen LogP contribution in [0.15, 0.2) is 24.3 Å². The second kappa shape index (κ2) is 7.91. The number of rotatable bonds is 5. The molecule has 6 heteroatoms. The molecule has 0 atom stereocenters. The minimum atomic E-state index is -0.144. The number of nitrogens with one attached hydrogen (secondary N) is 1. The fraction of sp³-hybridized carbons (Fsp3) is 0.474. The van der Waals surface area contributed by atoms with Crippen LogP contribution >= 0.6 is 11.6 Å². The number of piperidine rings is 1. The van der Waals surface area contributed by atoms with E-state index in [0.29, 0.717) is 10.8 Å². The molecule has 0 radical (unpaired) electrons. The molecule has 0 spiro atoms. The Hall–Kier alpha value is -2.01. The number of nitrogens with zero attached hydrogens (tertiary/aromatic N) is 1. The van der Waals surface area contributed by atoms with Crippen LogP contribution in [0, 0.1) is 5.92 Å². The predicted molar refractivity (Wildman–Crippen MR) is 97.5 cm³/mol. The Morgan fingerprint density at radius 3 is 2.60 bits per heavy atom. The molecule has 5 nitrogen and oxygen atoms in total. The van der Waals surface area contributed by atoms with Gasteiger partial charge in [-0.1, -0.05) is 11.6 Å². The minimum Gasteiger partial charge on any atom is -0.496 e. The van der Waals surface area contributed by atoms with Crippen LogP contribution < -0.4 is 10.1 Å². The molecule has 1 N–H and O–H groups in total. The lowest BCUT2D eigenvalue weighted by Crippen LogP contribution is -2.46. The summed E-state index contributed by atoms with van der Waals surface area (Å²) in [5.41, 5.74) is 0.759. The molecule has 0 bridgehead atoms. The van der Waals surface area contributed by atoms with E-state index >= 15 is 0 Å². The molecular formula is C19H23ClN2O3. The van der Waals surface area contributed by atoms with Gasteiger partial charge in [-0.2, -0.15) is 0 Å². The molecule has 3 rings (SSSR count). The molecule has 134 valence electrons. The van der Waals surface area contributed by atoms with Gasteiger partial charge in [0, 0.05) is 41.7 Å². The number of carbonyl (C=O) groups is 2. The van der Waals surface area contributed by atoms with Crippen LogP contribution in [-0.2, 0) is 9.59 Å². The fourth-order valence-electron chi connectivity index (χ4n) is 3.08. The number of methoxy groups -OCH3 is 1. The van der Waals surface area contributed by atoms with Gasteiger partial charge in [-0.3, -0.25) is 9.59 Å². The van der Waals surface area contributed by atoms with Crippen molar-refractivity contribution in [3.8, 4) is 5.75 Å². The van der Waals surface area contributed by atoms with Gasteiger partial charge in [0.15, 0.2) is 0 Å². The highest BCUT2D eigenvalue weighted by Crippen LogP contribution is 2.31. The van der Waals surface area contributed by atoms with E-state index < -0.39 is 0 Å². The van der Waals surface area contributed by atoms with Gasteiger partial charge >= 0.3 is 0 Å². The zero-order valence-corrected chi connectivity index (χ0v) is 15.1. The van der Waals surface area contributed by atoms with Crippen molar-refractivity contribution < 1.29 is 14.3 Å². The Morgan fingerprint density at radius 1 is 1.24 bits per heavy atom. The molecule has 0 aromatic heterocycles. The summed E-state index contributed by atoms with van der Waals surface area (Å²) in [6.07, 6.45) is 6.87. The van der Waals surface area contributed by atoms with Gasteiger partial charge in [-0.25, -0.2) is 0 Å². The largest absolute Gasteiger partial charge is 0.496 e. The first-order valence-corrected chi connectivity index (χ1v) is 9.05. The van der Waals surface area contributed by atoms with E-state index in [-0.39, 0.29) is 23.8 Å². The number of likely N-dealkylation sites (tertiary alicyclic amines) is 1. The zero-order valence-electron chi connectivity index (χ0n) is 14.3. The van der Waals surface area contributed by atoms with Crippen LogP contribution in [0.4, 0.5) is 0 Å². The van der Waals surface area contributed by atoms with Crippen molar-refractivity contribution in [3.05, 3.63) is 34.9 Å². The molecule has 1 saturated carbocycles. The number of hydrogen-bond donors (Lipinski definition) is 1. The van der Waals surface area contributed by atoms with E-state index in [9.17, 15) is 9.59 Å². The number of ether oxygens (including phenoxy) is 1. The average molecular weight is 363 g/mol. The maximum atomic E-state index is 12.2. The van der Waals surface area contributed by atoms with E-state index in [4.69, 9.17) is 16.3 Å². The van der Waals surface area contributed by atoms with Crippen molar-refractivity contribution in [1.29, 1.82) is 0 Å². The Morgan fingerprint density at radius 2 is 1.96 bits per heavy atom. The van der Waals surface area contributed by atoms with Crippen molar-refractivity contribution in [1.82, 2.24) is 10.2 Å². The molecule has 2 fully saturated rings. The summed E-state index contributed by atoms with van der Waals surface area (Å²) in [7, 11) is 1.58. The third kappa shape index (κ3) is 4.75. The molecule has 0 unspecified atom stereocenters. The number of halogens is 1. The third-order valence-electron chi connectivity index (χ3n) is 4.69. The summed E-state index contributed by atoms with van der Waals surface area (Å²) >= 11 is 5.99. The molecule has 1 aliphatic heterocycles. The molecule has 2 amide bonds. The van der Waals surface area contributed by atoms with Crippen molar-refractivity contribution in [3.63, 3.8) is 0 Å². The highest BCUT2D eigenvalue weighted by molar-refractivity contribution is 6.30. The Kier molecular flexibility index (Phi) is 5.63. The normalized spacial score (nSPS) is 18.4. The third-order valence-corrected chi connectivity index (χ3v) is 4.92. The average Bonchev–Trinajstić information content (AvgIpc) is 3.45. The van der Waals surface area contributed by atoms with E-state index in [2.05, 4.69) is 5.32 Å². The number of benzene rings is 1. The van der Waals surface area contributed by atoms with E-state index in [1.807, 2.05) is 4.90 Å². The van der Waals surface area contributed by atoms with Crippen LogP contribution in [0.1, 0.15) is 31.2 Å². The van der Waals surface area contributed by atoms with Crippen LogP contribution in [0.3, 0.4) is 0 Å². The van der Waals surface area contributed by atoms with Crippen molar-refractivity contribution in [2.45, 2.75) is 31.7 Å². The SMILES string of the molecule is COc1ccc(Cl)cc1/C=C\C(=O)NC1CCN(C(=O)C2CC2)CC1. The van der Waals surface area contributed by atoms with Gasteiger partial charge in [0.2, 0.25) is 11.8 Å². The van der Waals surface area contributed by atoms with Crippen molar-refractivity contribution in [2.75, 3.05) is 20.2 Å². The lowest BCUT2D eigenvalue weighted by molar-refractivity contribution is -0.133. The molecular weight excluding hydrogens is 340 g/mol. The minimum absolute atomic E-state index is 0.113. The van der Waals surface area contributed by atoms with E-state index in [1.165, 1.54) is 6.08 Å². The van der Waals surface area contributed by atoms with Gasteiger partial charge in [0.1, 0.15) is 5.75 Å². The van der Waals surface area contributed by atoms with Crippen LogP contribution in [0.25, 0.3) is 6.08 Å². The molecule has 1 aromatic rings. The van der Waals surface area contributed by atoms with Crippen molar-refractivity contribution in [2.24, 2.45) is 5.92 Å². The summed E-state index contributed by atoms with van der Waals surface area (Å²) in [4.78, 5) is 26.1. The summed E-state index contributed by atoms with van der Waals surface area (Å²) in [5, 5.41) is 3.60. The quantitative estimate of drug-likeness (QED) is 0.819. The monoisotopic (exact) mass is 362 g/mol. The Balaban J connectivity index is 1.50. The molecule has 2 aliphatic rings. The summed E-state index contributed by atoms with van der Waals surface area (Å²) < 4.78 is 5.26. The molecule has 1 saturated heterocycles. The zero-order chi connectivity index (χ0) is 17.8. The molecule has 1 aromatic carbocycles. The number of amides is 2. The van der Waals surface area contributed by atoms with Crippen molar-refractivity contribution >= 4 is 29.5 Å². The van der Waals surface area contributed by atoms with Gasteiger partial charge < -0.3 is 15.0 Å². The Bertz CT molecular complexity index is 677. The van der Waals surface area contributed by atoms with Crippen LogP contribution in [0.5, 0.6) is 5.75 Å². The van der Waals surface area contributed by atoms with E-state index in [1.54, 1.807) is 31.4 Å². The van der Waals surface area contributed by atoms with Crippen LogP contribution in [-0.4, -0.2) is 43.0 Å². The molecule has 1 aliphatic carbocycles.